The predicted molar refractivity (Wildman–Crippen MR) is 217 cm³/mol. The summed E-state index contributed by atoms with van der Waals surface area (Å²) in [7, 11) is 0. The Morgan fingerprint density at radius 1 is 0.614 bits per heavy atom. The molecule has 0 aromatic rings. The molecule has 2 saturated heterocycles. The Kier molecular flexibility index (Phi) is 28.7. The number of carbonyl (C=O) groups excluding carboxylic acids is 1. The molecule has 0 aromatic carbocycles. The molecule has 0 aromatic heterocycles. The molecule has 336 valence electrons. The minimum absolute atomic E-state index is 0.242. The fourth-order valence-electron chi connectivity index (χ4n) is 7.47. The quantitative estimate of drug-likeness (QED) is 0.0337. The monoisotopic (exact) mass is 820 g/mol. The summed E-state index contributed by atoms with van der Waals surface area (Å²) in [5, 5.41) is 86.3. The normalized spacial score (nSPS) is 29.2. The van der Waals surface area contributed by atoms with Crippen molar-refractivity contribution in [3.8, 4) is 0 Å². The van der Waals surface area contributed by atoms with Crippen LogP contribution >= 0.6 is 0 Å². The minimum Gasteiger partial charge on any atom is -0.394 e. The fraction of sp³-hybridized carbons (Fsp3) is 0.930. The first kappa shape index (κ1) is 51.9. The number of aliphatic hydroxyl groups excluding tert-OH is 8. The molecule has 0 aliphatic carbocycles. The number of hydrogen-bond acceptors (Lipinski definition) is 13. The first-order chi connectivity index (χ1) is 27.6. The molecule has 2 fully saturated rings. The van der Waals surface area contributed by atoms with E-state index in [-0.39, 0.29) is 18.9 Å². The van der Waals surface area contributed by atoms with Gasteiger partial charge >= 0.3 is 0 Å². The van der Waals surface area contributed by atoms with Crippen LogP contribution in [0.5, 0.6) is 0 Å². The summed E-state index contributed by atoms with van der Waals surface area (Å²) in [6.45, 7) is 2.74. The van der Waals surface area contributed by atoms with E-state index in [0.717, 1.165) is 38.5 Å². The Balaban J connectivity index is 1.92. The van der Waals surface area contributed by atoms with Crippen LogP contribution in [0.25, 0.3) is 0 Å². The second kappa shape index (κ2) is 31.6. The molecule has 0 spiro atoms. The van der Waals surface area contributed by atoms with Gasteiger partial charge in [0.2, 0.25) is 5.91 Å². The lowest BCUT2D eigenvalue weighted by atomic mass is 9.97. The van der Waals surface area contributed by atoms with Crippen molar-refractivity contribution in [2.24, 2.45) is 0 Å². The third kappa shape index (κ3) is 20.2. The van der Waals surface area contributed by atoms with Gasteiger partial charge in [-0.1, -0.05) is 148 Å². The SMILES string of the molecule is CCCCCCCCCCC/C=C/C(O)C(COC1OC(CO)C(OC2OC(CO)C(O)C(O)C2O)C(O)C1O)NC(=O)CCCCCCCCCCCCCC. The zero-order chi connectivity index (χ0) is 41.8. The zero-order valence-corrected chi connectivity index (χ0v) is 35.1. The third-order valence-corrected chi connectivity index (χ3v) is 11.2. The van der Waals surface area contributed by atoms with Crippen molar-refractivity contribution in [3.05, 3.63) is 12.2 Å². The molecule has 2 aliphatic heterocycles. The molecular weight excluding hydrogens is 738 g/mol. The molecule has 14 nitrogen and oxygen atoms in total. The van der Waals surface area contributed by atoms with Crippen LogP contribution in [0.2, 0.25) is 0 Å². The third-order valence-electron chi connectivity index (χ3n) is 11.2. The average molecular weight is 820 g/mol. The summed E-state index contributed by atoms with van der Waals surface area (Å²) < 4.78 is 22.6. The number of aliphatic hydroxyl groups is 8. The van der Waals surface area contributed by atoms with E-state index in [9.17, 15) is 45.6 Å². The average Bonchev–Trinajstić information content (AvgIpc) is 3.21. The molecule has 2 rings (SSSR count). The highest BCUT2D eigenvalue weighted by Crippen LogP contribution is 2.30. The molecule has 57 heavy (non-hydrogen) atoms. The summed E-state index contributed by atoms with van der Waals surface area (Å²) in [4.78, 5) is 13.1. The molecule has 2 heterocycles. The first-order valence-corrected chi connectivity index (χ1v) is 22.4. The summed E-state index contributed by atoms with van der Waals surface area (Å²) in [6.07, 6.45) is 12.6. The van der Waals surface area contributed by atoms with Gasteiger partial charge in [0.25, 0.3) is 0 Å². The number of amides is 1. The molecule has 2 aliphatic rings. The highest BCUT2D eigenvalue weighted by molar-refractivity contribution is 5.76. The van der Waals surface area contributed by atoms with E-state index in [1.807, 2.05) is 6.08 Å². The molecule has 0 radical (unpaired) electrons. The summed E-state index contributed by atoms with van der Waals surface area (Å²) in [6, 6.07) is -0.905. The highest BCUT2D eigenvalue weighted by Gasteiger charge is 2.50. The van der Waals surface area contributed by atoms with Crippen LogP contribution in [-0.2, 0) is 23.7 Å². The maximum absolute atomic E-state index is 13.1. The number of unbranched alkanes of at least 4 members (excludes halogenated alkanes) is 20. The Morgan fingerprint density at radius 2 is 1.09 bits per heavy atom. The Labute approximate surface area is 342 Å². The van der Waals surface area contributed by atoms with Gasteiger partial charge in [-0.25, -0.2) is 0 Å². The fourth-order valence-corrected chi connectivity index (χ4v) is 7.47. The van der Waals surface area contributed by atoms with E-state index >= 15 is 0 Å². The number of nitrogens with one attached hydrogen (secondary N) is 1. The molecule has 0 saturated carbocycles. The van der Waals surface area contributed by atoms with Crippen LogP contribution in [0.15, 0.2) is 12.2 Å². The van der Waals surface area contributed by atoms with E-state index < -0.39 is 86.8 Å². The maximum Gasteiger partial charge on any atom is 0.220 e. The minimum atomic E-state index is -1.78. The summed E-state index contributed by atoms with van der Waals surface area (Å²) >= 11 is 0. The lowest BCUT2D eigenvalue weighted by Crippen LogP contribution is -2.65. The molecular formula is C43H81NO13. The van der Waals surface area contributed by atoms with Gasteiger partial charge < -0.3 is 65.1 Å². The Bertz CT molecular complexity index is 1020. The molecule has 12 unspecified atom stereocenters. The summed E-state index contributed by atoms with van der Waals surface area (Å²) in [5.41, 5.74) is 0. The number of ether oxygens (including phenoxy) is 4. The number of hydrogen-bond donors (Lipinski definition) is 9. The molecule has 9 N–H and O–H groups in total. The number of carbonyl (C=O) groups is 1. The van der Waals surface area contributed by atoms with Crippen LogP contribution in [0.1, 0.15) is 162 Å². The number of allylic oxidation sites excluding steroid dienone is 1. The van der Waals surface area contributed by atoms with Crippen molar-refractivity contribution in [1.82, 2.24) is 5.32 Å². The van der Waals surface area contributed by atoms with Crippen LogP contribution in [0.3, 0.4) is 0 Å². The van der Waals surface area contributed by atoms with Gasteiger partial charge in [-0.2, -0.15) is 0 Å². The van der Waals surface area contributed by atoms with E-state index in [4.69, 9.17) is 18.9 Å². The van der Waals surface area contributed by atoms with Crippen molar-refractivity contribution in [2.75, 3.05) is 19.8 Å². The van der Waals surface area contributed by atoms with Crippen molar-refractivity contribution >= 4 is 5.91 Å². The van der Waals surface area contributed by atoms with Gasteiger partial charge in [-0.3, -0.25) is 4.79 Å². The van der Waals surface area contributed by atoms with Crippen molar-refractivity contribution < 1.29 is 64.6 Å². The lowest BCUT2D eigenvalue weighted by Gasteiger charge is -2.46. The van der Waals surface area contributed by atoms with E-state index in [0.29, 0.717) is 6.42 Å². The highest BCUT2D eigenvalue weighted by atomic mass is 16.7. The van der Waals surface area contributed by atoms with Crippen molar-refractivity contribution in [1.29, 1.82) is 0 Å². The smallest absolute Gasteiger partial charge is 0.220 e. The zero-order valence-electron chi connectivity index (χ0n) is 35.1. The van der Waals surface area contributed by atoms with Gasteiger partial charge in [0.05, 0.1) is 32.0 Å². The Morgan fingerprint density at radius 3 is 1.61 bits per heavy atom. The van der Waals surface area contributed by atoms with E-state index in [1.165, 1.54) is 96.3 Å². The first-order valence-electron chi connectivity index (χ1n) is 22.4. The van der Waals surface area contributed by atoms with Crippen molar-refractivity contribution in [2.45, 2.75) is 235 Å². The van der Waals surface area contributed by atoms with E-state index in [1.54, 1.807) is 6.08 Å². The standard InChI is InChI=1S/C43H81NO13/c1-3-5-7-9-11-13-15-17-19-21-23-25-27-35(48)44-31(32(47)26-24-22-20-18-16-14-12-10-8-6-4-2)30-54-42-40(53)38(51)41(34(29-46)56-42)57-43-39(52)37(50)36(49)33(28-45)55-43/h24,26,31-34,36-43,45-47,49-53H,3-23,25,27-30H2,1-2H3,(H,44,48)/b26-24+. The van der Waals surface area contributed by atoms with Crippen LogP contribution in [0, 0.1) is 0 Å². The van der Waals surface area contributed by atoms with Gasteiger partial charge in [-0.05, 0) is 19.3 Å². The molecule has 0 bridgehead atoms. The van der Waals surface area contributed by atoms with Gasteiger partial charge in [0.15, 0.2) is 12.6 Å². The predicted octanol–water partition coefficient (Wildman–Crippen LogP) is 4.04. The number of rotatable bonds is 33. The van der Waals surface area contributed by atoms with Crippen LogP contribution in [0.4, 0.5) is 0 Å². The maximum atomic E-state index is 13.1. The summed E-state index contributed by atoms with van der Waals surface area (Å²) in [5.74, 6) is -0.242. The largest absolute Gasteiger partial charge is 0.394 e. The van der Waals surface area contributed by atoms with Crippen LogP contribution < -0.4 is 5.32 Å². The molecule has 1 amide bonds. The second-order valence-electron chi connectivity index (χ2n) is 16.2. The molecule has 14 heteroatoms. The van der Waals surface area contributed by atoms with E-state index in [2.05, 4.69) is 19.2 Å². The van der Waals surface area contributed by atoms with Gasteiger partial charge in [-0.15, -0.1) is 0 Å². The molecule has 12 atom stereocenters. The van der Waals surface area contributed by atoms with Gasteiger partial charge in [0, 0.05) is 6.42 Å². The van der Waals surface area contributed by atoms with Crippen molar-refractivity contribution in [3.63, 3.8) is 0 Å². The van der Waals surface area contributed by atoms with Crippen LogP contribution in [-0.4, -0.2) is 140 Å². The topological polar surface area (TPSA) is 228 Å². The second-order valence-corrected chi connectivity index (χ2v) is 16.2. The van der Waals surface area contributed by atoms with Gasteiger partial charge in [0.1, 0.15) is 48.8 Å². The Hall–Kier alpha value is -1.27. The lowest BCUT2D eigenvalue weighted by molar-refractivity contribution is -0.359.